The lowest BCUT2D eigenvalue weighted by Gasteiger charge is -2.36. The van der Waals surface area contributed by atoms with E-state index in [9.17, 15) is 30.0 Å². The van der Waals surface area contributed by atoms with E-state index in [1.54, 1.807) is 0 Å². The second kappa shape index (κ2) is 7.12. The summed E-state index contributed by atoms with van der Waals surface area (Å²) in [6.07, 6.45) is -7.76. The fourth-order valence-electron chi connectivity index (χ4n) is 2.21. The summed E-state index contributed by atoms with van der Waals surface area (Å²) in [5, 5.41) is 57.2. The van der Waals surface area contributed by atoms with Crippen molar-refractivity contribution in [2.75, 3.05) is 23.8 Å². The molecule has 4 atom stereocenters. The predicted octanol–water partition coefficient (Wildman–Crippen LogP) is -4.28. The van der Waals surface area contributed by atoms with Gasteiger partial charge >= 0.3 is 5.97 Å². The molecule has 0 radical (unpaired) electrons. The van der Waals surface area contributed by atoms with Crippen molar-refractivity contribution in [3.8, 4) is 0 Å². The molecular weight excluding hydrogens is 342 g/mol. The van der Waals surface area contributed by atoms with Crippen LogP contribution in [0.4, 0.5) is 17.5 Å². The van der Waals surface area contributed by atoms with Crippen molar-refractivity contribution in [2.24, 2.45) is 4.99 Å². The average Bonchev–Trinajstić information content (AvgIpc) is 2.58. The summed E-state index contributed by atoms with van der Waals surface area (Å²) in [4.78, 5) is 33.4. The zero-order chi connectivity index (χ0) is 18.9. The van der Waals surface area contributed by atoms with Crippen LogP contribution < -0.4 is 16.2 Å². The Labute approximate surface area is 139 Å². The maximum atomic E-state index is 11.9. The highest BCUT2D eigenvalue weighted by Gasteiger charge is 2.38. The van der Waals surface area contributed by atoms with Crippen LogP contribution >= 0.6 is 0 Å². The maximum absolute atomic E-state index is 11.9. The van der Waals surface area contributed by atoms with Crippen LogP contribution in [0.15, 0.2) is 9.79 Å². The lowest BCUT2D eigenvalue weighted by atomic mass is 10.1. The van der Waals surface area contributed by atoms with E-state index in [0.717, 1.165) is 4.90 Å². The first-order valence-corrected chi connectivity index (χ1v) is 6.97. The number of nitrogens with zero attached hydrogens (tertiary/aromatic N) is 3. The molecule has 138 valence electrons. The molecule has 2 heterocycles. The van der Waals surface area contributed by atoms with Crippen LogP contribution in [0, 0.1) is 0 Å². The molecule has 0 saturated carbocycles. The summed E-state index contributed by atoms with van der Waals surface area (Å²) in [5.74, 6) is -2.15. The van der Waals surface area contributed by atoms with E-state index in [2.05, 4.69) is 15.0 Å². The minimum absolute atomic E-state index is 0.316. The second-order valence-corrected chi connectivity index (χ2v) is 5.26. The van der Waals surface area contributed by atoms with E-state index in [0.29, 0.717) is 0 Å². The number of carbonyl (C=O) groups is 1. The highest BCUT2D eigenvalue weighted by Crippen LogP contribution is 2.29. The number of H-pyrrole nitrogens is 1. The van der Waals surface area contributed by atoms with Gasteiger partial charge in [0, 0.05) is 0 Å². The molecule has 0 amide bonds. The van der Waals surface area contributed by atoms with E-state index < -0.39 is 60.6 Å². The number of aliphatic carboxylic acids is 1. The summed E-state index contributed by atoms with van der Waals surface area (Å²) in [6.45, 7) is -1.47. The molecule has 25 heavy (non-hydrogen) atoms. The molecule has 0 unspecified atom stereocenters. The molecule has 1 aliphatic rings. The standard InChI is InChI=1S/C12H17N5O8/c13-12-15-8-5(9(22)16-12)14-3(11(24)25)1-17(8)10(23)7(21)6(20)4(19)2-18/h4,6-7,10,18-21,23H,1-2H2,(H,24,25)(H3,13,15,16,22)/t4-,6-,7-,10+/m1/s1. The first-order chi connectivity index (χ1) is 11.7. The molecule has 13 nitrogen and oxygen atoms in total. The van der Waals surface area contributed by atoms with E-state index in [1.807, 2.05) is 0 Å². The van der Waals surface area contributed by atoms with Gasteiger partial charge in [0.15, 0.2) is 17.7 Å². The number of aromatic nitrogens is 2. The van der Waals surface area contributed by atoms with Crippen molar-refractivity contribution in [1.82, 2.24) is 9.97 Å². The zero-order valence-corrected chi connectivity index (χ0v) is 12.6. The predicted molar refractivity (Wildman–Crippen MR) is 82.5 cm³/mol. The van der Waals surface area contributed by atoms with Crippen LogP contribution in [0.3, 0.4) is 0 Å². The van der Waals surface area contributed by atoms with Crippen LogP contribution in [0.2, 0.25) is 0 Å². The van der Waals surface area contributed by atoms with Crippen LogP contribution in [-0.4, -0.2) is 90.0 Å². The van der Waals surface area contributed by atoms with Gasteiger partial charge in [0.1, 0.15) is 24.0 Å². The lowest BCUT2D eigenvalue weighted by Crippen LogP contribution is -2.55. The number of nitrogens with two attached hydrogens (primary N) is 1. The summed E-state index contributed by atoms with van der Waals surface area (Å²) in [7, 11) is 0. The topological polar surface area (TPSA) is 226 Å². The maximum Gasteiger partial charge on any atom is 0.352 e. The molecule has 0 saturated heterocycles. The van der Waals surface area contributed by atoms with E-state index in [1.165, 1.54) is 0 Å². The van der Waals surface area contributed by atoms with Crippen molar-refractivity contribution in [3.63, 3.8) is 0 Å². The van der Waals surface area contributed by atoms with Gasteiger partial charge in [0.25, 0.3) is 5.56 Å². The van der Waals surface area contributed by atoms with Gasteiger partial charge in [-0.2, -0.15) is 4.98 Å². The summed E-state index contributed by atoms with van der Waals surface area (Å²) < 4.78 is 0. The highest BCUT2D eigenvalue weighted by atomic mass is 16.4. The van der Waals surface area contributed by atoms with Crippen molar-refractivity contribution in [2.45, 2.75) is 24.5 Å². The number of carboxylic acids is 1. The van der Waals surface area contributed by atoms with E-state index in [-0.39, 0.29) is 11.8 Å². The summed E-state index contributed by atoms with van der Waals surface area (Å²) >= 11 is 0. The Morgan fingerprint density at radius 1 is 1.28 bits per heavy atom. The van der Waals surface area contributed by atoms with Gasteiger partial charge in [-0.1, -0.05) is 0 Å². The second-order valence-electron chi connectivity index (χ2n) is 5.26. The normalized spacial score (nSPS) is 18.8. The number of aromatic amines is 1. The SMILES string of the molecule is Nc1nc2c(c(=O)[nH]1)N=C(C(=O)O)CN2[C@@H](O)[C@H](O)[C@H](O)[C@H](O)CO. The third-order valence-corrected chi connectivity index (χ3v) is 3.54. The fraction of sp³-hybridized carbons (Fsp3) is 0.500. The van der Waals surface area contributed by atoms with Crippen molar-refractivity contribution < 1.29 is 35.4 Å². The number of nitrogens with one attached hydrogen (secondary N) is 1. The number of rotatable bonds is 6. The molecule has 0 spiro atoms. The fourth-order valence-corrected chi connectivity index (χ4v) is 2.21. The number of aliphatic imine (C=N–C) groups is 1. The van der Waals surface area contributed by atoms with Crippen molar-refractivity contribution >= 4 is 29.1 Å². The van der Waals surface area contributed by atoms with Gasteiger partial charge < -0.3 is 41.3 Å². The Kier molecular flexibility index (Phi) is 5.34. The number of anilines is 2. The third-order valence-electron chi connectivity index (χ3n) is 3.54. The van der Waals surface area contributed by atoms with Gasteiger partial charge in [-0.3, -0.25) is 9.78 Å². The van der Waals surface area contributed by atoms with Gasteiger partial charge in [-0.05, 0) is 0 Å². The van der Waals surface area contributed by atoms with Crippen LogP contribution in [-0.2, 0) is 4.79 Å². The minimum Gasteiger partial charge on any atom is -0.477 e. The van der Waals surface area contributed by atoms with Gasteiger partial charge in [0.05, 0.1) is 13.2 Å². The molecule has 13 heteroatoms. The number of aliphatic hydroxyl groups is 5. The molecule has 1 aromatic rings. The first kappa shape index (κ1) is 18.8. The van der Waals surface area contributed by atoms with Crippen molar-refractivity contribution in [3.05, 3.63) is 10.4 Å². The Morgan fingerprint density at radius 3 is 2.48 bits per heavy atom. The molecule has 0 bridgehead atoms. The third kappa shape index (κ3) is 3.59. The minimum atomic E-state index is -2.04. The van der Waals surface area contributed by atoms with Gasteiger partial charge in [-0.15, -0.1) is 0 Å². The monoisotopic (exact) mass is 359 g/mol. The summed E-state index contributed by atoms with van der Waals surface area (Å²) in [6, 6.07) is 0. The van der Waals surface area contributed by atoms with Crippen LogP contribution in [0.25, 0.3) is 0 Å². The van der Waals surface area contributed by atoms with Crippen LogP contribution in [0.1, 0.15) is 0 Å². The van der Waals surface area contributed by atoms with E-state index >= 15 is 0 Å². The van der Waals surface area contributed by atoms with E-state index in [4.69, 9.17) is 15.9 Å². The largest absolute Gasteiger partial charge is 0.477 e. The van der Waals surface area contributed by atoms with Gasteiger partial charge in [0.2, 0.25) is 5.95 Å². The number of hydrogen-bond acceptors (Lipinski definition) is 11. The zero-order valence-electron chi connectivity index (χ0n) is 12.6. The number of fused-ring (bicyclic) bond motifs is 1. The summed E-state index contributed by atoms with van der Waals surface area (Å²) in [5.41, 5.74) is 3.56. The molecule has 0 aromatic carbocycles. The molecule has 0 aliphatic carbocycles. The Bertz CT molecular complexity index is 750. The number of nitrogen functional groups attached to an aromatic ring is 1. The van der Waals surface area contributed by atoms with Crippen molar-refractivity contribution in [1.29, 1.82) is 0 Å². The molecule has 1 aromatic heterocycles. The quantitative estimate of drug-likeness (QED) is 0.242. The molecule has 1 aliphatic heterocycles. The lowest BCUT2D eigenvalue weighted by molar-refractivity contribution is -0.129. The first-order valence-electron chi connectivity index (χ1n) is 6.97. The Morgan fingerprint density at radius 2 is 1.92 bits per heavy atom. The Hall–Kier alpha value is -2.58. The van der Waals surface area contributed by atoms with Crippen LogP contribution in [0.5, 0.6) is 0 Å². The number of carboxylic acid groups (broad SMARTS) is 1. The molecule has 9 N–H and O–H groups in total. The average molecular weight is 359 g/mol. The number of hydrogen-bond donors (Lipinski definition) is 8. The molecule has 0 fully saturated rings. The molecular formula is C12H17N5O8. The Balaban J connectivity index is 2.46. The highest BCUT2D eigenvalue weighted by molar-refractivity contribution is 6.38. The molecule has 2 rings (SSSR count). The number of aliphatic hydroxyl groups excluding tert-OH is 5. The van der Waals surface area contributed by atoms with Gasteiger partial charge in [-0.25, -0.2) is 9.79 Å². The smallest absolute Gasteiger partial charge is 0.352 e.